The van der Waals surface area contributed by atoms with Crippen LogP contribution in [0, 0.1) is 6.92 Å². The van der Waals surface area contributed by atoms with E-state index in [-0.39, 0.29) is 0 Å². The lowest BCUT2D eigenvalue weighted by molar-refractivity contribution is 0.460. The molecule has 0 bridgehead atoms. The highest BCUT2D eigenvalue weighted by atomic mass is 15.3. The second-order valence-corrected chi connectivity index (χ2v) is 5.74. The van der Waals surface area contributed by atoms with Crippen molar-refractivity contribution in [3.63, 3.8) is 0 Å². The summed E-state index contributed by atoms with van der Waals surface area (Å²) < 4.78 is 4.01. The zero-order chi connectivity index (χ0) is 13.9. The average Bonchev–Trinajstić information content (AvgIpc) is 3.12. The minimum atomic E-state index is 0.629. The first-order valence-electron chi connectivity index (χ1n) is 7.46. The van der Waals surface area contributed by atoms with Crippen molar-refractivity contribution >= 4 is 0 Å². The van der Waals surface area contributed by atoms with Gasteiger partial charge in [0.2, 0.25) is 0 Å². The molecular weight excluding hydrogens is 250 g/mol. The first-order chi connectivity index (χ1) is 9.72. The third-order valence-electron chi connectivity index (χ3n) is 4.10. The van der Waals surface area contributed by atoms with Gasteiger partial charge in [0.25, 0.3) is 0 Å². The number of hydrogen-bond donors (Lipinski definition) is 1. The Morgan fingerprint density at radius 1 is 1.25 bits per heavy atom. The Bertz CT molecular complexity index is 563. The van der Waals surface area contributed by atoms with Gasteiger partial charge in [-0.3, -0.25) is 9.36 Å². The van der Waals surface area contributed by atoms with Crippen LogP contribution in [0.3, 0.4) is 0 Å². The van der Waals surface area contributed by atoms with Crippen molar-refractivity contribution in [1.82, 2.24) is 24.9 Å². The van der Waals surface area contributed by atoms with E-state index in [1.165, 1.54) is 31.2 Å². The molecular formula is C15H23N5. The second kappa shape index (κ2) is 5.79. The summed E-state index contributed by atoms with van der Waals surface area (Å²) in [6.07, 6.45) is 9.45. The highest BCUT2D eigenvalue weighted by Crippen LogP contribution is 2.28. The van der Waals surface area contributed by atoms with Crippen LogP contribution < -0.4 is 5.32 Å². The van der Waals surface area contributed by atoms with Crippen LogP contribution in [0.4, 0.5) is 0 Å². The summed E-state index contributed by atoms with van der Waals surface area (Å²) in [7, 11) is 1.96. The zero-order valence-electron chi connectivity index (χ0n) is 12.3. The van der Waals surface area contributed by atoms with Crippen LogP contribution in [0.5, 0.6) is 0 Å². The second-order valence-electron chi connectivity index (χ2n) is 5.74. The molecule has 2 aromatic heterocycles. The summed E-state index contributed by atoms with van der Waals surface area (Å²) in [5, 5.41) is 12.5. The molecule has 20 heavy (non-hydrogen) atoms. The standard InChI is InChI=1S/C15H23N5/c1-12-13(11-19(2)17-12)9-16-10-14-7-8-20(18-14)15-5-3-4-6-15/h7-8,11,15-16H,3-6,9-10H2,1-2H3. The molecule has 1 aliphatic carbocycles. The lowest BCUT2D eigenvalue weighted by atomic mass is 10.2. The number of rotatable bonds is 5. The lowest BCUT2D eigenvalue weighted by Gasteiger charge is -2.08. The Morgan fingerprint density at radius 2 is 2.05 bits per heavy atom. The van der Waals surface area contributed by atoms with E-state index in [4.69, 9.17) is 0 Å². The number of nitrogens with one attached hydrogen (secondary N) is 1. The van der Waals surface area contributed by atoms with Crippen molar-refractivity contribution in [1.29, 1.82) is 0 Å². The fourth-order valence-electron chi connectivity index (χ4n) is 2.99. The van der Waals surface area contributed by atoms with Crippen LogP contribution in [0.15, 0.2) is 18.5 Å². The molecule has 0 aliphatic heterocycles. The van der Waals surface area contributed by atoms with E-state index in [9.17, 15) is 0 Å². The van der Waals surface area contributed by atoms with Crippen molar-refractivity contribution in [2.75, 3.05) is 0 Å². The third kappa shape index (κ3) is 2.93. The monoisotopic (exact) mass is 273 g/mol. The fraction of sp³-hybridized carbons (Fsp3) is 0.600. The highest BCUT2D eigenvalue weighted by Gasteiger charge is 2.17. The van der Waals surface area contributed by atoms with Gasteiger partial charge in [0.15, 0.2) is 0 Å². The molecule has 3 rings (SSSR count). The molecule has 0 spiro atoms. The van der Waals surface area contributed by atoms with Gasteiger partial charge >= 0.3 is 0 Å². The van der Waals surface area contributed by atoms with E-state index in [0.29, 0.717) is 6.04 Å². The normalized spacial score (nSPS) is 16.1. The van der Waals surface area contributed by atoms with Crippen molar-refractivity contribution in [2.24, 2.45) is 7.05 Å². The number of aromatic nitrogens is 4. The largest absolute Gasteiger partial charge is 0.307 e. The molecule has 0 atom stereocenters. The fourth-order valence-corrected chi connectivity index (χ4v) is 2.99. The summed E-state index contributed by atoms with van der Waals surface area (Å²) in [5.74, 6) is 0. The molecule has 1 saturated carbocycles. The smallest absolute Gasteiger partial charge is 0.0762 e. The van der Waals surface area contributed by atoms with Gasteiger partial charge in [-0.2, -0.15) is 10.2 Å². The number of aryl methyl sites for hydroxylation is 2. The van der Waals surface area contributed by atoms with E-state index < -0.39 is 0 Å². The Morgan fingerprint density at radius 3 is 2.75 bits per heavy atom. The first kappa shape index (κ1) is 13.4. The molecule has 108 valence electrons. The minimum absolute atomic E-state index is 0.629. The Balaban J connectivity index is 1.52. The average molecular weight is 273 g/mol. The maximum atomic E-state index is 4.68. The van der Waals surface area contributed by atoms with Crippen molar-refractivity contribution in [3.05, 3.63) is 35.4 Å². The van der Waals surface area contributed by atoms with E-state index in [2.05, 4.69) is 38.7 Å². The molecule has 2 heterocycles. The predicted octanol–water partition coefficient (Wildman–Crippen LogP) is 2.33. The van der Waals surface area contributed by atoms with Gasteiger partial charge in [0.1, 0.15) is 0 Å². The van der Waals surface area contributed by atoms with E-state index in [1.54, 1.807) is 0 Å². The molecule has 0 aromatic carbocycles. The number of hydrogen-bond acceptors (Lipinski definition) is 3. The Labute approximate surface area is 120 Å². The van der Waals surface area contributed by atoms with Gasteiger partial charge in [-0.25, -0.2) is 0 Å². The molecule has 0 radical (unpaired) electrons. The molecule has 0 unspecified atom stereocenters. The predicted molar refractivity (Wildman–Crippen MR) is 78.2 cm³/mol. The van der Waals surface area contributed by atoms with Crippen LogP contribution in [0.25, 0.3) is 0 Å². The molecule has 2 aromatic rings. The van der Waals surface area contributed by atoms with Crippen LogP contribution in [0.1, 0.15) is 48.7 Å². The topological polar surface area (TPSA) is 47.7 Å². The van der Waals surface area contributed by atoms with E-state index >= 15 is 0 Å². The maximum absolute atomic E-state index is 4.68. The molecule has 0 amide bonds. The zero-order valence-corrected chi connectivity index (χ0v) is 12.3. The van der Waals surface area contributed by atoms with Gasteiger partial charge in [-0.1, -0.05) is 12.8 Å². The SMILES string of the molecule is Cc1nn(C)cc1CNCc1ccn(C2CCCC2)n1. The first-order valence-corrected chi connectivity index (χ1v) is 7.46. The summed E-state index contributed by atoms with van der Waals surface area (Å²) in [5.41, 5.74) is 3.47. The lowest BCUT2D eigenvalue weighted by Crippen LogP contribution is -2.14. The third-order valence-corrected chi connectivity index (χ3v) is 4.10. The van der Waals surface area contributed by atoms with Crippen molar-refractivity contribution in [3.8, 4) is 0 Å². The molecule has 1 aliphatic rings. The molecule has 5 heteroatoms. The van der Waals surface area contributed by atoms with Gasteiger partial charge < -0.3 is 5.32 Å². The molecule has 0 saturated heterocycles. The molecule has 1 N–H and O–H groups in total. The number of nitrogens with zero attached hydrogens (tertiary/aromatic N) is 4. The van der Waals surface area contributed by atoms with Crippen LogP contribution >= 0.6 is 0 Å². The summed E-state index contributed by atoms with van der Waals surface area (Å²) >= 11 is 0. The quantitative estimate of drug-likeness (QED) is 0.909. The molecule has 5 nitrogen and oxygen atoms in total. The van der Waals surface area contributed by atoms with Crippen LogP contribution in [0.2, 0.25) is 0 Å². The Hall–Kier alpha value is -1.62. The Kier molecular flexibility index (Phi) is 3.87. The summed E-state index contributed by atoms with van der Waals surface area (Å²) in [6.45, 7) is 3.70. The van der Waals surface area contributed by atoms with E-state index in [1.807, 2.05) is 18.7 Å². The van der Waals surface area contributed by atoms with Gasteiger partial charge in [-0.05, 0) is 25.8 Å². The van der Waals surface area contributed by atoms with E-state index in [0.717, 1.165) is 24.5 Å². The van der Waals surface area contributed by atoms with Crippen LogP contribution in [-0.4, -0.2) is 19.6 Å². The van der Waals surface area contributed by atoms with Crippen molar-refractivity contribution in [2.45, 2.75) is 51.7 Å². The highest BCUT2D eigenvalue weighted by molar-refractivity contribution is 5.15. The molecule has 1 fully saturated rings. The van der Waals surface area contributed by atoms with Gasteiger partial charge in [-0.15, -0.1) is 0 Å². The maximum Gasteiger partial charge on any atom is 0.0762 e. The van der Waals surface area contributed by atoms with Crippen LogP contribution in [-0.2, 0) is 20.1 Å². The van der Waals surface area contributed by atoms with Gasteiger partial charge in [0.05, 0.1) is 17.4 Å². The minimum Gasteiger partial charge on any atom is -0.307 e. The van der Waals surface area contributed by atoms with Crippen molar-refractivity contribution < 1.29 is 0 Å². The summed E-state index contributed by atoms with van der Waals surface area (Å²) in [6, 6.07) is 2.76. The summed E-state index contributed by atoms with van der Waals surface area (Å²) in [4.78, 5) is 0. The van der Waals surface area contributed by atoms with Gasteiger partial charge in [0, 0.05) is 38.1 Å².